The highest BCUT2D eigenvalue weighted by atomic mass is 32.2. The maximum atomic E-state index is 6.25. The van der Waals surface area contributed by atoms with Gasteiger partial charge in [-0.1, -0.05) is 19.1 Å². The predicted molar refractivity (Wildman–Crippen MR) is 81.3 cm³/mol. The Bertz CT molecular complexity index is 504. The van der Waals surface area contributed by atoms with Gasteiger partial charge in [-0.15, -0.1) is 11.8 Å². The fraction of sp³-hybridized carbons (Fsp3) is 0.400. The van der Waals surface area contributed by atoms with Gasteiger partial charge in [-0.3, -0.25) is 4.68 Å². The summed E-state index contributed by atoms with van der Waals surface area (Å²) in [6.07, 6.45) is 3.74. The first-order valence-corrected chi connectivity index (χ1v) is 7.64. The second kappa shape index (κ2) is 6.78. The van der Waals surface area contributed by atoms with Crippen molar-refractivity contribution in [2.45, 2.75) is 30.7 Å². The van der Waals surface area contributed by atoms with E-state index in [-0.39, 0.29) is 6.04 Å². The van der Waals surface area contributed by atoms with Crippen LogP contribution in [0, 0.1) is 0 Å². The van der Waals surface area contributed by atoms with Gasteiger partial charge >= 0.3 is 0 Å². The molecule has 1 unspecified atom stereocenters. The van der Waals surface area contributed by atoms with Crippen LogP contribution in [-0.2, 0) is 13.5 Å². The monoisotopic (exact) mass is 275 g/mol. The Kier molecular flexibility index (Phi) is 5.05. The molecule has 2 rings (SSSR count). The van der Waals surface area contributed by atoms with Crippen molar-refractivity contribution >= 4 is 11.8 Å². The number of nitrogens with zero attached hydrogens (tertiary/aromatic N) is 2. The molecular formula is C15H21N3S. The molecule has 1 atom stereocenters. The van der Waals surface area contributed by atoms with Crippen LogP contribution in [-0.4, -0.2) is 15.5 Å². The SMILES string of the molecule is CCSc1ccc(C(N)CCc2ccnn2C)cc1. The molecule has 0 bridgehead atoms. The van der Waals surface area contributed by atoms with Gasteiger partial charge < -0.3 is 5.73 Å². The van der Waals surface area contributed by atoms with Crippen molar-refractivity contribution in [3.63, 3.8) is 0 Å². The van der Waals surface area contributed by atoms with Crippen LogP contribution in [0.3, 0.4) is 0 Å². The molecule has 0 radical (unpaired) electrons. The van der Waals surface area contributed by atoms with Crippen molar-refractivity contribution in [1.82, 2.24) is 9.78 Å². The maximum Gasteiger partial charge on any atom is 0.0492 e. The Morgan fingerprint density at radius 3 is 2.58 bits per heavy atom. The van der Waals surface area contributed by atoms with E-state index in [4.69, 9.17) is 5.73 Å². The minimum Gasteiger partial charge on any atom is -0.324 e. The topological polar surface area (TPSA) is 43.8 Å². The summed E-state index contributed by atoms with van der Waals surface area (Å²) in [5.41, 5.74) is 8.69. The number of hydrogen-bond acceptors (Lipinski definition) is 3. The van der Waals surface area contributed by atoms with E-state index in [1.54, 1.807) is 0 Å². The summed E-state index contributed by atoms with van der Waals surface area (Å²) in [5.74, 6) is 1.10. The molecule has 3 nitrogen and oxygen atoms in total. The maximum absolute atomic E-state index is 6.25. The van der Waals surface area contributed by atoms with Crippen LogP contribution in [0.15, 0.2) is 41.4 Å². The Morgan fingerprint density at radius 1 is 1.26 bits per heavy atom. The van der Waals surface area contributed by atoms with E-state index in [9.17, 15) is 0 Å². The van der Waals surface area contributed by atoms with Gasteiger partial charge in [-0.2, -0.15) is 5.10 Å². The third-order valence-electron chi connectivity index (χ3n) is 3.25. The first-order chi connectivity index (χ1) is 9.20. The molecule has 2 aromatic rings. The van der Waals surface area contributed by atoms with Crippen LogP contribution in [0.2, 0.25) is 0 Å². The molecule has 0 saturated heterocycles. The number of hydrogen-bond donors (Lipinski definition) is 1. The zero-order valence-electron chi connectivity index (χ0n) is 11.5. The zero-order chi connectivity index (χ0) is 13.7. The van der Waals surface area contributed by atoms with Crippen molar-refractivity contribution in [2.24, 2.45) is 12.8 Å². The fourth-order valence-corrected chi connectivity index (χ4v) is 2.76. The molecule has 0 spiro atoms. The van der Waals surface area contributed by atoms with Crippen LogP contribution >= 0.6 is 11.8 Å². The van der Waals surface area contributed by atoms with E-state index in [1.807, 2.05) is 35.8 Å². The molecule has 2 N–H and O–H groups in total. The lowest BCUT2D eigenvalue weighted by atomic mass is 10.0. The lowest BCUT2D eigenvalue weighted by Gasteiger charge is -2.12. The lowest BCUT2D eigenvalue weighted by molar-refractivity contribution is 0.613. The first-order valence-electron chi connectivity index (χ1n) is 6.66. The number of aryl methyl sites for hydroxylation is 2. The van der Waals surface area contributed by atoms with Crippen LogP contribution in [0.4, 0.5) is 0 Å². The van der Waals surface area contributed by atoms with Gasteiger partial charge in [0.2, 0.25) is 0 Å². The Labute approximate surface area is 119 Å². The van der Waals surface area contributed by atoms with Gasteiger partial charge in [0, 0.05) is 29.9 Å². The highest BCUT2D eigenvalue weighted by Crippen LogP contribution is 2.22. The smallest absolute Gasteiger partial charge is 0.0492 e. The van der Waals surface area contributed by atoms with Crippen molar-refractivity contribution in [3.05, 3.63) is 47.8 Å². The van der Waals surface area contributed by atoms with Crippen LogP contribution < -0.4 is 5.73 Å². The van der Waals surface area contributed by atoms with Gasteiger partial charge in [0.1, 0.15) is 0 Å². The molecule has 102 valence electrons. The van der Waals surface area contributed by atoms with E-state index in [1.165, 1.54) is 16.2 Å². The zero-order valence-corrected chi connectivity index (χ0v) is 12.4. The number of benzene rings is 1. The molecule has 0 aliphatic rings. The largest absolute Gasteiger partial charge is 0.324 e. The quantitative estimate of drug-likeness (QED) is 0.824. The molecular weight excluding hydrogens is 254 g/mol. The van der Waals surface area contributed by atoms with E-state index in [0.717, 1.165) is 18.6 Å². The number of rotatable bonds is 6. The van der Waals surface area contributed by atoms with E-state index >= 15 is 0 Å². The summed E-state index contributed by atoms with van der Waals surface area (Å²) >= 11 is 1.86. The molecule has 1 heterocycles. The summed E-state index contributed by atoms with van der Waals surface area (Å²) in [5, 5.41) is 4.17. The Hall–Kier alpha value is -1.26. The predicted octanol–water partition coefficient (Wildman–Crippen LogP) is 3.16. The molecule has 1 aromatic heterocycles. The second-order valence-electron chi connectivity index (χ2n) is 4.59. The van der Waals surface area contributed by atoms with Gasteiger partial charge in [0.05, 0.1) is 0 Å². The molecule has 0 aliphatic heterocycles. The highest BCUT2D eigenvalue weighted by molar-refractivity contribution is 7.99. The van der Waals surface area contributed by atoms with Crippen LogP contribution in [0.1, 0.15) is 30.6 Å². The third kappa shape index (κ3) is 3.85. The average molecular weight is 275 g/mol. The molecule has 0 aliphatic carbocycles. The van der Waals surface area contributed by atoms with Crippen molar-refractivity contribution < 1.29 is 0 Å². The van der Waals surface area contributed by atoms with Crippen molar-refractivity contribution in [2.75, 3.05) is 5.75 Å². The summed E-state index contributed by atoms with van der Waals surface area (Å²) in [6.45, 7) is 2.16. The highest BCUT2D eigenvalue weighted by Gasteiger charge is 2.08. The Morgan fingerprint density at radius 2 is 2.00 bits per heavy atom. The normalized spacial score (nSPS) is 12.6. The summed E-state index contributed by atoms with van der Waals surface area (Å²) in [7, 11) is 1.97. The van der Waals surface area contributed by atoms with Gasteiger partial charge in [-0.05, 0) is 42.4 Å². The molecule has 19 heavy (non-hydrogen) atoms. The lowest BCUT2D eigenvalue weighted by Crippen LogP contribution is -2.12. The van der Waals surface area contributed by atoms with E-state index in [0.29, 0.717) is 0 Å². The van der Waals surface area contributed by atoms with Gasteiger partial charge in [0.25, 0.3) is 0 Å². The summed E-state index contributed by atoms with van der Waals surface area (Å²) < 4.78 is 1.91. The second-order valence-corrected chi connectivity index (χ2v) is 5.93. The summed E-state index contributed by atoms with van der Waals surface area (Å²) in [6, 6.07) is 10.8. The fourth-order valence-electron chi connectivity index (χ4n) is 2.09. The van der Waals surface area contributed by atoms with Gasteiger partial charge in [0.15, 0.2) is 0 Å². The van der Waals surface area contributed by atoms with Gasteiger partial charge in [-0.25, -0.2) is 0 Å². The molecule has 4 heteroatoms. The number of aromatic nitrogens is 2. The first kappa shape index (κ1) is 14.2. The molecule has 0 saturated carbocycles. The van der Waals surface area contributed by atoms with E-state index in [2.05, 4.69) is 36.3 Å². The minimum absolute atomic E-state index is 0.0931. The number of thioether (sulfide) groups is 1. The standard InChI is InChI=1S/C15H21N3S/c1-3-19-14-7-4-12(5-8-14)15(16)9-6-13-10-11-17-18(13)2/h4-5,7-8,10-11,15H,3,6,9,16H2,1-2H3. The number of nitrogens with two attached hydrogens (primary N) is 1. The average Bonchev–Trinajstić information content (AvgIpc) is 2.83. The van der Waals surface area contributed by atoms with E-state index < -0.39 is 0 Å². The van der Waals surface area contributed by atoms with Crippen LogP contribution in [0.25, 0.3) is 0 Å². The molecule has 1 aromatic carbocycles. The Balaban J connectivity index is 1.92. The van der Waals surface area contributed by atoms with Crippen molar-refractivity contribution in [3.8, 4) is 0 Å². The van der Waals surface area contributed by atoms with Crippen molar-refractivity contribution in [1.29, 1.82) is 0 Å². The summed E-state index contributed by atoms with van der Waals surface area (Å²) in [4.78, 5) is 1.31. The van der Waals surface area contributed by atoms with Crippen LogP contribution in [0.5, 0.6) is 0 Å². The third-order valence-corrected chi connectivity index (χ3v) is 4.15. The molecule has 0 amide bonds. The minimum atomic E-state index is 0.0931. The molecule has 0 fully saturated rings.